The predicted octanol–water partition coefficient (Wildman–Crippen LogP) is 3.58. The van der Waals surface area contributed by atoms with E-state index >= 15 is 0 Å². The van der Waals surface area contributed by atoms with Gasteiger partial charge in [0.15, 0.2) is 21.4 Å². The van der Waals surface area contributed by atoms with Gasteiger partial charge in [-0.05, 0) is 42.8 Å². The predicted molar refractivity (Wildman–Crippen MR) is 103 cm³/mol. The quantitative estimate of drug-likeness (QED) is 0.792. The lowest BCUT2D eigenvalue weighted by atomic mass is 9.79. The van der Waals surface area contributed by atoms with Crippen LogP contribution in [0.5, 0.6) is 5.75 Å². The zero-order valence-electron chi connectivity index (χ0n) is 15.1. The van der Waals surface area contributed by atoms with Crippen molar-refractivity contribution in [3.05, 3.63) is 58.6 Å². The van der Waals surface area contributed by atoms with E-state index in [2.05, 4.69) is 5.32 Å². The summed E-state index contributed by atoms with van der Waals surface area (Å²) in [4.78, 5) is 0.0492. The zero-order valence-corrected chi connectivity index (χ0v) is 16.7. The number of fused-ring (bicyclic) bond motifs is 3. The van der Waals surface area contributed by atoms with E-state index in [9.17, 15) is 17.2 Å². The molecule has 152 valence electrons. The molecule has 0 aromatic heterocycles. The SMILES string of the molecule is N#CC[C@H]1CC(S(=O)(=O)c2ccc(Cl)cc2)C2c3c(F)ccc(F)c3OCC2N1. The van der Waals surface area contributed by atoms with Gasteiger partial charge in [0.05, 0.1) is 22.6 Å². The Labute approximate surface area is 172 Å². The Kier molecular flexibility index (Phi) is 5.23. The van der Waals surface area contributed by atoms with Gasteiger partial charge in [0.25, 0.3) is 0 Å². The van der Waals surface area contributed by atoms with Crippen molar-refractivity contribution in [3.63, 3.8) is 0 Å². The molecule has 9 heteroatoms. The van der Waals surface area contributed by atoms with Crippen LogP contribution in [0.25, 0.3) is 0 Å². The third kappa shape index (κ3) is 3.48. The van der Waals surface area contributed by atoms with Gasteiger partial charge in [-0.3, -0.25) is 0 Å². The van der Waals surface area contributed by atoms with E-state index in [1.165, 1.54) is 24.3 Å². The van der Waals surface area contributed by atoms with Crippen LogP contribution < -0.4 is 10.1 Å². The molecule has 0 bridgehead atoms. The zero-order chi connectivity index (χ0) is 20.8. The fraction of sp³-hybridized carbons (Fsp3) is 0.350. The molecule has 0 amide bonds. The van der Waals surface area contributed by atoms with Crippen molar-refractivity contribution in [2.75, 3.05) is 6.61 Å². The first kappa shape index (κ1) is 20.1. The number of nitriles is 1. The van der Waals surface area contributed by atoms with Crippen LogP contribution in [0.1, 0.15) is 24.3 Å². The molecule has 1 fully saturated rings. The molecule has 0 spiro atoms. The first-order valence-corrected chi connectivity index (χ1v) is 11.0. The molecule has 0 saturated carbocycles. The highest BCUT2D eigenvalue weighted by Crippen LogP contribution is 2.46. The molecule has 0 radical (unpaired) electrons. The number of ether oxygens (including phenoxy) is 1. The smallest absolute Gasteiger partial charge is 0.181 e. The average Bonchev–Trinajstić information content (AvgIpc) is 2.70. The molecule has 2 aromatic carbocycles. The van der Waals surface area contributed by atoms with Crippen LogP contribution in [0.15, 0.2) is 41.3 Å². The van der Waals surface area contributed by atoms with Crippen molar-refractivity contribution >= 4 is 21.4 Å². The van der Waals surface area contributed by atoms with Gasteiger partial charge in [0.1, 0.15) is 12.4 Å². The molecule has 5 nitrogen and oxygen atoms in total. The largest absolute Gasteiger partial charge is 0.488 e. The van der Waals surface area contributed by atoms with E-state index in [-0.39, 0.29) is 35.7 Å². The monoisotopic (exact) mass is 438 g/mol. The Morgan fingerprint density at radius 2 is 1.86 bits per heavy atom. The number of sulfone groups is 1. The number of nitrogens with zero attached hydrogens (tertiary/aromatic N) is 1. The minimum Gasteiger partial charge on any atom is -0.488 e. The molecule has 4 rings (SSSR count). The van der Waals surface area contributed by atoms with E-state index < -0.39 is 44.7 Å². The highest BCUT2D eigenvalue weighted by molar-refractivity contribution is 7.92. The molecule has 4 atom stereocenters. The van der Waals surface area contributed by atoms with Crippen molar-refractivity contribution in [1.82, 2.24) is 5.32 Å². The van der Waals surface area contributed by atoms with E-state index in [0.717, 1.165) is 12.1 Å². The summed E-state index contributed by atoms with van der Waals surface area (Å²) in [6.45, 7) is -0.0212. The molecule has 1 N–H and O–H groups in total. The number of hydrogen-bond donors (Lipinski definition) is 1. The van der Waals surface area contributed by atoms with Gasteiger partial charge in [-0.2, -0.15) is 5.26 Å². The van der Waals surface area contributed by atoms with E-state index in [4.69, 9.17) is 21.6 Å². The minimum atomic E-state index is -3.93. The number of piperidine rings is 1. The number of hydrogen-bond acceptors (Lipinski definition) is 5. The first-order chi connectivity index (χ1) is 13.8. The molecule has 2 aromatic rings. The van der Waals surface area contributed by atoms with Crippen molar-refractivity contribution < 1.29 is 21.9 Å². The van der Waals surface area contributed by atoms with Crippen molar-refractivity contribution in [2.45, 2.75) is 41.0 Å². The molecular weight excluding hydrogens is 422 g/mol. The van der Waals surface area contributed by atoms with Crippen LogP contribution in [0.4, 0.5) is 8.78 Å². The van der Waals surface area contributed by atoms with Crippen LogP contribution in [0.2, 0.25) is 5.02 Å². The molecule has 2 heterocycles. The van der Waals surface area contributed by atoms with Crippen LogP contribution in [-0.4, -0.2) is 32.4 Å². The molecular formula is C20H17ClF2N2O3S. The number of halogens is 3. The number of benzene rings is 2. The van der Waals surface area contributed by atoms with Crippen LogP contribution in [0.3, 0.4) is 0 Å². The Hall–Kier alpha value is -2.21. The van der Waals surface area contributed by atoms with Gasteiger partial charge in [-0.25, -0.2) is 17.2 Å². The topological polar surface area (TPSA) is 79.2 Å². The third-order valence-corrected chi connectivity index (χ3v) is 7.98. The summed E-state index contributed by atoms with van der Waals surface area (Å²) in [5.41, 5.74) is -0.0771. The van der Waals surface area contributed by atoms with Gasteiger partial charge < -0.3 is 10.1 Å². The lowest BCUT2D eigenvalue weighted by Crippen LogP contribution is -2.58. The fourth-order valence-electron chi connectivity index (χ4n) is 4.25. The number of nitrogens with one attached hydrogen (secondary N) is 1. The first-order valence-electron chi connectivity index (χ1n) is 9.06. The maximum absolute atomic E-state index is 14.7. The highest BCUT2D eigenvalue weighted by atomic mass is 35.5. The minimum absolute atomic E-state index is 0.0212. The maximum atomic E-state index is 14.7. The van der Waals surface area contributed by atoms with Crippen LogP contribution in [-0.2, 0) is 9.84 Å². The normalized spacial score (nSPS) is 26.0. The second-order valence-electron chi connectivity index (χ2n) is 7.21. The van der Waals surface area contributed by atoms with Crippen LogP contribution >= 0.6 is 11.6 Å². The summed E-state index contributed by atoms with van der Waals surface area (Å²) < 4.78 is 61.5. The average molecular weight is 439 g/mol. The molecule has 2 aliphatic heterocycles. The lowest BCUT2D eigenvalue weighted by Gasteiger charge is -2.45. The summed E-state index contributed by atoms with van der Waals surface area (Å²) >= 11 is 5.88. The van der Waals surface area contributed by atoms with Gasteiger partial charge in [0, 0.05) is 28.6 Å². The Balaban J connectivity index is 1.86. The van der Waals surface area contributed by atoms with Crippen LogP contribution in [0, 0.1) is 23.0 Å². The van der Waals surface area contributed by atoms with Gasteiger partial charge in [-0.1, -0.05) is 11.6 Å². The lowest BCUT2D eigenvalue weighted by molar-refractivity contribution is 0.160. The van der Waals surface area contributed by atoms with Crippen molar-refractivity contribution in [3.8, 4) is 11.8 Å². The second kappa shape index (κ2) is 7.56. The Morgan fingerprint density at radius 3 is 2.55 bits per heavy atom. The Bertz CT molecular complexity index is 1090. The van der Waals surface area contributed by atoms with Gasteiger partial charge >= 0.3 is 0 Å². The number of rotatable bonds is 3. The van der Waals surface area contributed by atoms with Gasteiger partial charge in [0.2, 0.25) is 0 Å². The van der Waals surface area contributed by atoms with Gasteiger partial charge in [-0.15, -0.1) is 0 Å². The van der Waals surface area contributed by atoms with Crippen molar-refractivity contribution in [1.29, 1.82) is 5.26 Å². The molecule has 0 aliphatic carbocycles. The van der Waals surface area contributed by atoms with Crippen molar-refractivity contribution in [2.24, 2.45) is 0 Å². The Morgan fingerprint density at radius 1 is 1.17 bits per heavy atom. The molecule has 29 heavy (non-hydrogen) atoms. The fourth-order valence-corrected chi connectivity index (χ4v) is 6.44. The summed E-state index contributed by atoms with van der Waals surface area (Å²) in [5, 5.41) is 11.6. The summed E-state index contributed by atoms with van der Waals surface area (Å²) in [6.07, 6.45) is 0.184. The summed E-state index contributed by atoms with van der Waals surface area (Å²) in [7, 11) is -3.93. The molecule has 2 aliphatic rings. The highest BCUT2D eigenvalue weighted by Gasteiger charge is 2.49. The molecule has 1 saturated heterocycles. The standard InChI is InChI=1S/C20H17ClF2N2O3S/c21-11-1-3-13(4-2-11)29(26,27)17-9-12(7-8-24)25-16-10-28-20-15(23)6-5-14(22)18(20)19(16)17/h1-6,12,16-17,19,25H,7,9-10H2/t12-,16?,17?,19?/m0/s1. The third-order valence-electron chi connectivity index (χ3n) is 5.51. The summed E-state index contributed by atoms with van der Waals surface area (Å²) in [5.74, 6) is -2.55. The van der Waals surface area contributed by atoms with E-state index in [0.29, 0.717) is 5.02 Å². The maximum Gasteiger partial charge on any atom is 0.181 e. The van der Waals surface area contributed by atoms with E-state index in [1.54, 1.807) is 0 Å². The summed E-state index contributed by atoms with van der Waals surface area (Å²) in [6, 6.07) is 8.75. The molecule has 3 unspecified atom stereocenters. The second-order valence-corrected chi connectivity index (χ2v) is 9.82. The van der Waals surface area contributed by atoms with E-state index in [1.807, 2.05) is 6.07 Å².